The molecule has 0 radical (unpaired) electrons. The first-order valence-corrected chi connectivity index (χ1v) is 10.2. The van der Waals surface area contributed by atoms with Crippen molar-refractivity contribution in [3.05, 3.63) is 29.4 Å². The summed E-state index contributed by atoms with van der Waals surface area (Å²) in [5.41, 5.74) is 1.33. The van der Waals surface area contributed by atoms with Crippen molar-refractivity contribution in [2.45, 2.75) is 82.6 Å². The van der Waals surface area contributed by atoms with Gasteiger partial charge in [-0.15, -0.1) is 0 Å². The molecule has 4 rings (SSSR count). The van der Waals surface area contributed by atoms with Gasteiger partial charge >= 0.3 is 0 Å². The lowest BCUT2D eigenvalue weighted by atomic mass is 9.88. The molecule has 0 spiro atoms. The van der Waals surface area contributed by atoms with Gasteiger partial charge in [-0.25, -0.2) is 4.98 Å². The average Bonchev–Trinajstić information content (AvgIpc) is 3.32. The van der Waals surface area contributed by atoms with Crippen LogP contribution in [0, 0.1) is 0 Å². The summed E-state index contributed by atoms with van der Waals surface area (Å²) in [5.74, 6) is 3.95. The lowest BCUT2D eigenvalue weighted by molar-refractivity contribution is 0.192. The second-order valence-corrected chi connectivity index (χ2v) is 7.78. The van der Waals surface area contributed by atoms with Crippen LogP contribution in [0.4, 0.5) is 0 Å². The Hall–Kier alpha value is -1.69. The van der Waals surface area contributed by atoms with Crippen LogP contribution in [0.2, 0.25) is 0 Å². The molecule has 0 aromatic carbocycles. The van der Waals surface area contributed by atoms with E-state index in [1.54, 1.807) is 7.11 Å². The quantitative estimate of drug-likeness (QED) is 0.700. The molecule has 1 aliphatic heterocycles. The molecule has 2 aromatic heterocycles. The molecule has 1 fully saturated rings. The summed E-state index contributed by atoms with van der Waals surface area (Å²) in [4.78, 5) is 9.45. The normalized spacial score (nSPS) is 21.0. The van der Waals surface area contributed by atoms with Gasteiger partial charge in [-0.2, -0.15) is 4.98 Å². The number of hydrogen-bond acceptors (Lipinski definition) is 5. The summed E-state index contributed by atoms with van der Waals surface area (Å²) in [5, 5.41) is 4.17. The summed E-state index contributed by atoms with van der Waals surface area (Å²) < 4.78 is 13.1. The van der Waals surface area contributed by atoms with Gasteiger partial charge in [-0.05, 0) is 32.1 Å². The Labute approximate surface area is 155 Å². The van der Waals surface area contributed by atoms with Crippen LogP contribution >= 0.6 is 0 Å². The number of unbranched alkanes of at least 4 members (excludes halogenated alkanes) is 1. The van der Waals surface area contributed by atoms with Gasteiger partial charge in [-0.1, -0.05) is 24.4 Å². The number of hydrogen-bond donors (Lipinski definition) is 0. The van der Waals surface area contributed by atoms with Crippen molar-refractivity contribution in [1.29, 1.82) is 0 Å². The van der Waals surface area contributed by atoms with E-state index in [0.717, 1.165) is 57.0 Å². The fraction of sp³-hybridized carbons (Fsp3) is 0.750. The molecule has 2 aliphatic rings. The second kappa shape index (κ2) is 8.33. The summed E-state index contributed by atoms with van der Waals surface area (Å²) in [6.45, 7) is 1.82. The van der Waals surface area contributed by atoms with Crippen molar-refractivity contribution in [1.82, 2.24) is 19.7 Å². The second-order valence-electron chi connectivity index (χ2n) is 7.78. The van der Waals surface area contributed by atoms with Crippen LogP contribution in [0.15, 0.2) is 10.7 Å². The highest BCUT2D eigenvalue weighted by molar-refractivity contribution is 5.16. The summed E-state index contributed by atoms with van der Waals surface area (Å²) in [7, 11) is 1.74. The zero-order valence-electron chi connectivity index (χ0n) is 15.8. The largest absolute Gasteiger partial charge is 0.385 e. The number of ether oxygens (including phenoxy) is 1. The van der Waals surface area contributed by atoms with Crippen molar-refractivity contribution < 1.29 is 9.26 Å². The molecular weight excluding hydrogens is 328 g/mol. The van der Waals surface area contributed by atoms with E-state index < -0.39 is 0 Å². The van der Waals surface area contributed by atoms with Gasteiger partial charge in [0.15, 0.2) is 5.82 Å². The fourth-order valence-electron chi connectivity index (χ4n) is 4.45. The number of rotatable bonds is 7. The standard InChI is InChI=1S/C20H30N4O2/c1-25-12-6-5-9-18-22-20(26-23-18)16-10-11-24-17(13-16)14-21-19(24)15-7-3-2-4-8-15/h14-16H,2-13H2,1H3. The Morgan fingerprint density at radius 2 is 2.04 bits per heavy atom. The van der Waals surface area contributed by atoms with Crippen molar-refractivity contribution >= 4 is 0 Å². The van der Waals surface area contributed by atoms with Gasteiger partial charge in [0.05, 0.1) is 0 Å². The summed E-state index contributed by atoms with van der Waals surface area (Å²) in [6.07, 6.45) is 13.7. The van der Waals surface area contributed by atoms with E-state index in [1.807, 2.05) is 0 Å². The molecule has 142 valence electrons. The number of imidazole rings is 1. The molecule has 1 unspecified atom stereocenters. The van der Waals surface area contributed by atoms with Crippen molar-refractivity contribution in [2.24, 2.45) is 0 Å². The van der Waals surface area contributed by atoms with E-state index in [-0.39, 0.29) is 0 Å². The molecule has 0 amide bonds. The Balaban J connectivity index is 1.38. The lowest BCUT2D eigenvalue weighted by Gasteiger charge is -2.26. The Morgan fingerprint density at radius 3 is 2.88 bits per heavy atom. The van der Waals surface area contributed by atoms with Gasteiger partial charge in [-0.3, -0.25) is 0 Å². The summed E-state index contributed by atoms with van der Waals surface area (Å²) in [6, 6.07) is 0. The summed E-state index contributed by atoms with van der Waals surface area (Å²) >= 11 is 0. The van der Waals surface area contributed by atoms with Crippen molar-refractivity contribution in [2.75, 3.05) is 13.7 Å². The minimum absolute atomic E-state index is 0.332. The molecule has 0 bridgehead atoms. The van der Waals surface area contributed by atoms with E-state index in [9.17, 15) is 0 Å². The van der Waals surface area contributed by atoms with Crippen molar-refractivity contribution in [3.8, 4) is 0 Å². The third kappa shape index (κ3) is 3.85. The molecule has 1 saturated carbocycles. The zero-order chi connectivity index (χ0) is 17.8. The van der Waals surface area contributed by atoms with Gasteiger partial charge in [0, 0.05) is 56.8 Å². The predicted molar refractivity (Wildman–Crippen MR) is 98.2 cm³/mol. The van der Waals surface area contributed by atoms with Crippen LogP contribution in [0.3, 0.4) is 0 Å². The van der Waals surface area contributed by atoms with Gasteiger partial charge < -0.3 is 13.8 Å². The molecule has 6 nitrogen and oxygen atoms in total. The molecule has 0 N–H and O–H groups in total. The SMILES string of the molecule is COCCCCc1noc(C2CCn3c(cnc3C3CCCCC3)C2)n1. The maximum Gasteiger partial charge on any atom is 0.230 e. The number of aryl methyl sites for hydroxylation is 1. The first-order chi connectivity index (χ1) is 12.8. The highest BCUT2D eigenvalue weighted by atomic mass is 16.5. The molecule has 0 saturated heterocycles. The maximum absolute atomic E-state index is 5.58. The van der Waals surface area contributed by atoms with Crippen LogP contribution in [-0.4, -0.2) is 33.4 Å². The molecule has 26 heavy (non-hydrogen) atoms. The Kier molecular flexibility index (Phi) is 5.68. The highest BCUT2D eigenvalue weighted by Crippen LogP contribution is 2.36. The smallest absolute Gasteiger partial charge is 0.230 e. The molecule has 3 heterocycles. The van der Waals surface area contributed by atoms with E-state index in [4.69, 9.17) is 14.2 Å². The van der Waals surface area contributed by atoms with Crippen LogP contribution in [0.1, 0.15) is 86.4 Å². The minimum atomic E-state index is 0.332. The monoisotopic (exact) mass is 358 g/mol. The van der Waals surface area contributed by atoms with E-state index in [0.29, 0.717) is 11.8 Å². The molecule has 1 atom stereocenters. The van der Waals surface area contributed by atoms with E-state index in [1.165, 1.54) is 43.6 Å². The van der Waals surface area contributed by atoms with Crippen LogP contribution < -0.4 is 0 Å². The van der Waals surface area contributed by atoms with Crippen LogP contribution in [-0.2, 0) is 24.1 Å². The van der Waals surface area contributed by atoms with Gasteiger partial charge in [0.1, 0.15) is 5.82 Å². The van der Waals surface area contributed by atoms with E-state index in [2.05, 4.69) is 20.9 Å². The minimum Gasteiger partial charge on any atom is -0.385 e. The number of nitrogens with zero attached hydrogens (tertiary/aromatic N) is 4. The molecule has 6 heteroatoms. The first kappa shape index (κ1) is 17.7. The van der Waals surface area contributed by atoms with Crippen molar-refractivity contribution in [3.63, 3.8) is 0 Å². The third-order valence-electron chi connectivity index (χ3n) is 5.93. The van der Waals surface area contributed by atoms with Crippen LogP contribution in [0.25, 0.3) is 0 Å². The Morgan fingerprint density at radius 1 is 1.15 bits per heavy atom. The average molecular weight is 358 g/mol. The zero-order valence-corrected chi connectivity index (χ0v) is 15.8. The lowest BCUT2D eigenvalue weighted by Crippen LogP contribution is -2.21. The predicted octanol–water partition coefficient (Wildman–Crippen LogP) is 4.01. The fourth-order valence-corrected chi connectivity index (χ4v) is 4.45. The number of methoxy groups -OCH3 is 1. The first-order valence-electron chi connectivity index (χ1n) is 10.2. The number of fused-ring (bicyclic) bond motifs is 1. The topological polar surface area (TPSA) is 66.0 Å². The number of aromatic nitrogens is 4. The molecule has 1 aliphatic carbocycles. The van der Waals surface area contributed by atoms with Gasteiger partial charge in [0.25, 0.3) is 0 Å². The maximum atomic E-state index is 5.58. The molecule has 2 aromatic rings. The Bertz CT molecular complexity index is 702. The van der Waals surface area contributed by atoms with E-state index >= 15 is 0 Å². The highest BCUT2D eigenvalue weighted by Gasteiger charge is 2.29. The van der Waals surface area contributed by atoms with Crippen LogP contribution in [0.5, 0.6) is 0 Å². The molecular formula is C20H30N4O2. The van der Waals surface area contributed by atoms with Gasteiger partial charge in [0.2, 0.25) is 5.89 Å². The third-order valence-corrected chi connectivity index (χ3v) is 5.93.